The third-order valence-corrected chi connectivity index (χ3v) is 5.38. The lowest BCUT2D eigenvalue weighted by molar-refractivity contribution is -0.0742. The normalized spacial score (nSPS) is 40.1. The fraction of sp³-hybridized carbons (Fsp3) is 0.615. The Bertz CT molecular complexity index is 782. The van der Waals surface area contributed by atoms with E-state index < -0.39 is 17.1 Å². The van der Waals surface area contributed by atoms with Crippen molar-refractivity contribution < 1.29 is 15.3 Å². The smallest absolute Gasteiger partial charge is 0.226 e. The summed E-state index contributed by atoms with van der Waals surface area (Å²) in [6.07, 6.45) is 1.02. The van der Waals surface area contributed by atoms with Crippen LogP contribution in [0.5, 0.6) is 0 Å². The second-order valence-electron chi connectivity index (χ2n) is 6.56. The van der Waals surface area contributed by atoms with E-state index in [1.807, 2.05) is 0 Å². The maximum absolute atomic E-state index is 10.8. The molecule has 0 saturated heterocycles. The molecule has 118 valence electrons. The minimum Gasteiger partial charge on any atom is -0.396 e. The van der Waals surface area contributed by atoms with Crippen LogP contribution in [-0.2, 0) is 0 Å². The van der Waals surface area contributed by atoms with Gasteiger partial charge in [0.05, 0.1) is 25.1 Å². The van der Waals surface area contributed by atoms with E-state index in [4.69, 9.17) is 17.3 Å². The van der Waals surface area contributed by atoms with Gasteiger partial charge in [-0.05, 0) is 18.0 Å². The van der Waals surface area contributed by atoms with E-state index in [2.05, 4.69) is 15.0 Å². The molecular formula is C13H16ClN5O3. The molecule has 2 aliphatic carbocycles. The second-order valence-corrected chi connectivity index (χ2v) is 6.90. The molecule has 2 saturated carbocycles. The van der Waals surface area contributed by atoms with Crippen LogP contribution in [0, 0.1) is 11.3 Å². The Labute approximate surface area is 130 Å². The summed E-state index contributed by atoms with van der Waals surface area (Å²) < 4.78 is 1.68. The van der Waals surface area contributed by atoms with Crippen LogP contribution < -0.4 is 5.73 Å². The maximum atomic E-state index is 10.8. The number of hydrogen-bond acceptors (Lipinski definition) is 7. The highest BCUT2D eigenvalue weighted by Gasteiger charge is 2.77. The van der Waals surface area contributed by atoms with Crippen molar-refractivity contribution in [1.29, 1.82) is 0 Å². The van der Waals surface area contributed by atoms with Crippen LogP contribution in [0.3, 0.4) is 0 Å². The molecule has 22 heavy (non-hydrogen) atoms. The fourth-order valence-electron chi connectivity index (χ4n) is 3.94. The SMILES string of the molecule is C[C@]1(CO)C[C@H]2C(n3cnc4c(N)nc(Cl)nc43)[C@]2(O)[C@@H]1O. The molecule has 0 aromatic carbocycles. The summed E-state index contributed by atoms with van der Waals surface area (Å²) in [6.45, 7) is 1.59. The summed E-state index contributed by atoms with van der Waals surface area (Å²) in [6, 6.07) is -0.363. The molecule has 2 aromatic rings. The topological polar surface area (TPSA) is 130 Å². The predicted molar refractivity (Wildman–Crippen MR) is 78.0 cm³/mol. The number of nitrogen functional groups attached to an aromatic ring is 1. The molecule has 5 atom stereocenters. The third-order valence-electron chi connectivity index (χ3n) is 5.21. The standard InChI is InChI=1S/C13H16ClN5O3/c1-12(3-20)2-5-7(13(5,22)10(12)21)19-4-16-6-8(15)17-11(14)18-9(6)19/h4-5,7,10,20-22H,2-3H2,1H3,(H2,15,17,18)/t5-,7?,10+,12+,13-/m0/s1. The first-order valence-corrected chi connectivity index (χ1v) is 7.37. The van der Waals surface area contributed by atoms with Gasteiger partial charge >= 0.3 is 0 Å². The summed E-state index contributed by atoms with van der Waals surface area (Å²) in [5.74, 6) is -0.000639. The molecule has 0 aliphatic heterocycles. The third kappa shape index (κ3) is 1.50. The molecule has 0 radical (unpaired) electrons. The van der Waals surface area contributed by atoms with Crippen molar-refractivity contribution in [2.45, 2.75) is 31.1 Å². The Morgan fingerprint density at radius 1 is 1.50 bits per heavy atom. The van der Waals surface area contributed by atoms with Crippen LogP contribution in [0.4, 0.5) is 5.82 Å². The van der Waals surface area contributed by atoms with Gasteiger partial charge in [0.2, 0.25) is 5.28 Å². The lowest BCUT2D eigenvalue weighted by atomic mass is 9.82. The van der Waals surface area contributed by atoms with Gasteiger partial charge in [0, 0.05) is 11.3 Å². The van der Waals surface area contributed by atoms with Crippen LogP contribution in [0.15, 0.2) is 6.33 Å². The molecular weight excluding hydrogens is 310 g/mol. The first-order chi connectivity index (χ1) is 10.3. The highest BCUT2D eigenvalue weighted by Crippen LogP contribution is 2.69. The zero-order valence-electron chi connectivity index (χ0n) is 11.8. The number of hydrogen-bond donors (Lipinski definition) is 4. The van der Waals surface area contributed by atoms with E-state index in [-0.39, 0.29) is 29.7 Å². The number of nitrogens with two attached hydrogens (primary N) is 1. The van der Waals surface area contributed by atoms with Crippen molar-refractivity contribution in [3.63, 3.8) is 0 Å². The molecule has 9 heteroatoms. The van der Waals surface area contributed by atoms with Crippen molar-refractivity contribution in [3.05, 3.63) is 11.6 Å². The van der Waals surface area contributed by atoms with Crippen LogP contribution >= 0.6 is 11.6 Å². The van der Waals surface area contributed by atoms with E-state index in [0.717, 1.165) is 0 Å². The summed E-state index contributed by atoms with van der Waals surface area (Å²) >= 11 is 5.84. The molecule has 8 nitrogen and oxygen atoms in total. The minimum atomic E-state index is -1.29. The highest BCUT2D eigenvalue weighted by atomic mass is 35.5. The predicted octanol–water partition coefficient (Wildman–Crippen LogP) is -0.273. The molecule has 0 amide bonds. The fourth-order valence-corrected chi connectivity index (χ4v) is 4.11. The van der Waals surface area contributed by atoms with Crippen molar-refractivity contribution in [2.24, 2.45) is 11.3 Å². The van der Waals surface area contributed by atoms with Crippen LogP contribution in [0.2, 0.25) is 5.28 Å². The number of anilines is 1. The van der Waals surface area contributed by atoms with Gasteiger partial charge in [0.15, 0.2) is 11.5 Å². The zero-order chi connectivity index (χ0) is 15.9. The molecule has 4 rings (SSSR count). The Hall–Kier alpha value is -1.48. The zero-order valence-corrected chi connectivity index (χ0v) is 12.6. The Morgan fingerprint density at radius 2 is 2.23 bits per heavy atom. The average molecular weight is 326 g/mol. The Balaban J connectivity index is 1.78. The van der Waals surface area contributed by atoms with Crippen molar-refractivity contribution in [2.75, 3.05) is 12.3 Å². The number of rotatable bonds is 2. The monoisotopic (exact) mass is 325 g/mol. The molecule has 2 aliphatic rings. The number of halogens is 1. The number of aromatic nitrogens is 4. The van der Waals surface area contributed by atoms with E-state index >= 15 is 0 Å². The summed E-state index contributed by atoms with van der Waals surface area (Å²) in [7, 11) is 0. The van der Waals surface area contributed by atoms with E-state index in [1.54, 1.807) is 11.5 Å². The van der Waals surface area contributed by atoms with E-state index in [9.17, 15) is 15.3 Å². The molecule has 1 unspecified atom stereocenters. The van der Waals surface area contributed by atoms with Crippen LogP contribution in [-0.4, -0.2) is 53.2 Å². The summed E-state index contributed by atoms with van der Waals surface area (Å²) in [5, 5.41) is 30.7. The first kappa shape index (κ1) is 14.1. The van der Waals surface area contributed by atoms with Crippen LogP contribution in [0.25, 0.3) is 11.2 Å². The lowest BCUT2D eigenvalue weighted by Crippen LogP contribution is -2.42. The second kappa shape index (κ2) is 4.08. The Morgan fingerprint density at radius 3 is 2.82 bits per heavy atom. The molecule has 2 heterocycles. The van der Waals surface area contributed by atoms with E-state index in [0.29, 0.717) is 17.6 Å². The largest absolute Gasteiger partial charge is 0.396 e. The van der Waals surface area contributed by atoms with E-state index in [1.165, 1.54) is 6.33 Å². The molecule has 0 bridgehead atoms. The van der Waals surface area contributed by atoms with Gasteiger partial charge in [-0.3, -0.25) is 0 Å². The number of nitrogens with zero attached hydrogens (tertiary/aromatic N) is 4. The highest BCUT2D eigenvalue weighted by molar-refractivity contribution is 6.28. The average Bonchev–Trinajstić information content (AvgIpc) is 2.78. The number of imidazole rings is 1. The minimum absolute atomic E-state index is 0.00490. The van der Waals surface area contributed by atoms with Gasteiger partial charge in [0.25, 0.3) is 0 Å². The van der Waals surface area contributed by atoms with Crippen molar-refractivity contribution >= 4 is 28.6 Å². The molecule has 2 fully saturated rings. The quantitative estimate of drug-likeness (QED) is 0.559. The lowest BCUT2D eigenvalue weighted by Gasteiger charge is -2.32. The summed E-state index contributed by atoms with van der Waals surface area (Å²) in [4.78, 5) is 12.1. The number of aliphatic hydroxyl groups excluding tert-OH is 2. The van der Waals surface area contributed by atoms with Crippen LogP contribution in [0.1, 0.15) is 19.4 Å². The van der Waals surface area contributed by atoms with Gasteiger partial charge in [-0.15, -0.1) is 0 Å². The molecule has 2 aromatic heterocycles. The van der Waals surface area contributed by atoms with Crippen molar-refractivity contribution in [3.8, 4) is 0 Å². The first-order valence-electron chi connectivity index (χ1n) is 7.00. The Kier molecular flexibility index (Phi) is 2.62. The maximum Gasteiger partial charge on any atom is 0.226 e. The number of fused-ring (bicyclic) bond motifs is 2. The van der Waals surface area contributed by atoms with Gasteiger partial charge in [-0.2, -0.15) is 9.97 Å². The van der Waals surface area contributed by atoms with Gasteiger partial charge < -0.3 is 25.6 Å². The molecule has 5 N–H and O–H groups in total. The number of aliphatic hydroxyl groups is 3. The van der Waals surface area contributed by atoms with Gasteiger partial charge in [0.1, 0.15) is 11.1 Å². The van der Waals surface area contributed by atoms with Gasteiger partial charge in [-0.25, -0.2) is 4.98 Å². The summed E-state index contributed by atoms with van der Waals surface area (Å²) in [5.41, 5.74) is 4.63. The molecule has 0 spiro atoms. The van der Waals surface area contributed by atoms with Crippen molar-refractivity contribution in [1.82, 2.24) is 19.5 Å². The van der Waals surface area contributed by atoms with Gasteiger partial charge in [-0.1, -0.05) is 6.92 Å².